The Morgan fingerprint density at radius 3 is 2.36 bits per heavy atom. The topological polar surface area (TPSA) is 20.2 Å². The second kappa shape index (κ2) is 7.40. The monoisotopic (exact) mass is 327 g/mol. The Bertz CT molecular complexity index is 239. The fraction of sp³-hybridized carbons (Fsp3) is 0.556. The molecular weight excluding hydrogens is 314 g/mol. The van der Waals surface area contributed by atoms with Crippen molar-refractivity contribution in [1.82, 2.24) is 0 Å². The van der Waals surface area contributed by atoms with E-state index >= 15 is 0 Å². The van der Waals surface area contributed by atoms with E-state index in [9.17, 15) is 0 Å². The summed E-state index contributed by atoms with van der Waals surface area (Å²) in [5, 5.41) is 10.5. The van der Waals surface area contributed by atoms with E-state index in [1.165, 1.54) is 0 Å². The van der Waals surface area contributed by atoms with Crippen LogP contribution in [0.1, 0.15) is 6.42 Å². The molecule has 1 nitrogen and oxygen atoms in total. The van der Waals surface area contributed by atoms with Crippen molar-refractivity contribution in [3.8, 4) is 0 Å². The van der Waals surface area contributed by atoms with Gasteiger partial charge in [-0.05, 0) is 0 Å². The predicted octanol–water partition coefficient (Wildman–Crippen LogP) is -4.00. The maximum absolute atomic E-state index is 8.94. The first-order chi connectivity index (χ1) is 5.58. The standard InChI is InChI=1S/C9H15OSi.2ClH.Zr/c1-11(2,8-7-10)9-5-3-4-6-9;;;/h3,5,10H,4,7-8H2,1-2H3;2*1H;/q;;;+2/p-2. The number of aliphatic hydroxyl groups excluding tert-OH is 1. The van der Waals surface area contributed by atoms with Gasteiger partial charge in [-0.15, -0.1) is 0 Å². The molecule has 1 aliphatic carbocycles. The summed E-state index contributed by atoms with van der Waals surface area (Å²) in [6.45, 7) is 5.04. The Hall–Kier alpha value is 1.12. The van der Waals surface area contributed by atoms with Gasteiger partial charge in [-0.1, -0.05) is 0 Å². The quantitative estimate of drug-likeness (QED) is 0.524. The van der Waals surface area contributed by atoms with Gasteiger partial charge in [0.1, 0.15) is 0 Å². The fourth-order valence-electron chi connectivity index (χ4n) is 1.55. The van der Waals surface area contributed by atoms with Crippen LogP contribution in [0, 0.1) is 0 Å². The molecule has 0 aliphatic heterocycles. The molecule has 0 amide bonds. The fourth-order valence-corrected chi connectivity index (χ4v) is 6.86. The maximum Gasteiger partial charge on any atom is -1.00 e. The van der Waals surface area contributed by atoms with Crippen molar-refractivity contribution in [3.05, 3.63) is 20.6 Å². The van der Waals surface area contributed by atoms with Crippen LogP contribution in [0.15, 0.2) is 20.6 Å². The van der Waals surface area contributed by atoms with E-state index in [1.807, 2.05) is 0 Å². The van der Waals surface area contributed by atoms with E-state index in [0.717, 1.165) is 12.5 Å². The van der Waals surface area contributed by atoms with E-state index in [4.69, 9.17) is 5.11 Å². The molecule has 0 unspecified atom stereocenters. The summed E-state index contributed by atoms with van der Waals surface area (Å²) in [5.74, 6) is 0. The first-order valence-corrected chi connectivity index (χ1v) is 8.74. The van der Waals surface area contributed by atoms with Crippen LogP contribution in [0.4, 0.5) is 0 Å². The predicted molar refractivity (Wildman–Crippen MR) is 50.2 cm³/mol. The van der Waals surface area contributed by atoms with Crippen LogP contribution in [0.25, 0.3) is 0 Å². The van der Waals surface area contributed by atoms with Crippen molar-refractivity contribution in [1.29, 1.82) is 0 Å². The smallest absolute Gasteiger partial charge is 1.00 e. The zero-order valence-electron chi connectivity index (χ0n) is 8.48. The number of allylic oxidation sites excluding steroid dienone is 4. The minimum absolute atomic E-state index is 0. The van der Waals surface area contributed by atoms with Crippen LogP contribution in [-0.2, 0) is 24.7 Å². The number of hydrogen-bond donors (Lipinski definition) is 1. The summed E-state index contributed by atoms with van der Waals surface area (Å²) in [4.78, 5) is 0. The van der Waals surface area contributed by atoms with Gasteiger partial charge >= 0.3 is 90.7 Å². The van der Waals surface area contributed by atoms with Gasteiger partial charge in [0, 0.05) is 0 Å². The molecule has 0 aromatic rings. The molecule has 0 saturated heterocycles. The third-order valence-electron chi connectivity index (χ3n) is 2.40. The van der Waals surface area contributed by atoms with Crippen LogP contribution in [0.3, 0.4) is 0 Å². The Labute approximate surface area is 115 Å². The Morgan fingerprint density at radius 1 is 1.43 bits per heavy atom. The first kappa shape index (κ1) is 17.5. The molecule has 5 heteroatoms. The van der Waals surface area contributed by atoms with Crippen molar-refractivity contribution in [3.63, 3.8) is 0 Å². The van der Waals surface area contributed by atoms with Gasteiger partial charge in [0.2, 0.25) is 0 Å². The summed E-state index contributed by atoms with van der Waals surface area (Å²) < 4.78 is 1.60. The van der Waals surface area contributed by atoms with Crippen LogP contribution in [0.2, 0.25) is 19.1 Å². The summed E-state index contributed by atoms with van der Waals surface area (Å²) in [5.41, 5.74) is 0. The third kappa shape index (κ3) is 4.32. The molecule has 14 heavy (non-hydrogen) atoms. The molecule has 1 N–H and O–H groups in total. The summed E-state index contributed by atoms with van der Waals surface area (Å²) in [6.07, 6.45) is 5.70. The molecule has 0 saturated carbocycles. The van der Waals surface area contributed by atoms with Crippen molar-refractivity contribution in [2.45, 2.75) is 25.6 Å². The van der Waals surface area contributed by atoms with Crippen LogP contribution in [0.5, 0.6) is 0 Å². The van der Waals surface area contributed by atoms with E-state index in [2.05, 4.69) is 25.2 Å². The van der Waals surface area contributed by atoms with E-state index in [1.54, 1.807) is 33.2 Å². The molecule has 0 fully saturated rings. The van der Waals surface area contributed by atoms with Gasteiger partial charge < -0.3 is 24.8 Å². The van der Waals surface area contributed by atoms with Gasteiger partial charge in [-0.3, -0.25) is 0 Å². The molecule has 0 aromatic heterocycles. The minimum Gasteiger partial charge on any atom is -1.00 e. The summed E-state index contributed by atoms with van der Waals surface area (Å²) >= 11 is 1.55. The largest absolute Gasteiger partial charge is 1.00 e. The molecule has 0 atom stereocenters. The molecule has 0 spiro atoms. The van der Waals surface area contributed by atoms with Gasteiger partial charge in [0.25, 0.3) is 0 Å². The van der Waals surface area contributed by atoms with Gasteiger partial charge in [-0.2, -0.15) is 0 Å². The SMILES string of the molecule is C[Si](C)(CCO)C1=[C]([Zr+2])CC=C1.[Cl-].[Cl-]. The van der Waals surface area contributed by atoms with Gasteiger partial charge in [-0.25, -0.2) is 0 Å². The van der Waals surface area contributed by atoms with Gasteiger partial charge in [0.05, 0.1) is 0 Å². The van der Waals surface area contributed by atoms with Crippen molar-refractivity contribution in [2.75, 3.05) is 6.61 Å². The number of aliphatic hydroxyl groups is 1. The summed E-state index contributed by atoms with van der Waals surface area (Å²) in [6, 6.07) is 1.00. The van der Waals surface area contributed by atoms with Crippen molar-refractivity contribution in [2.24, 2.45) is 0 Å². The van der Waals surface area contributed by atoms with Crippen LogP contribution in [-0.4, -0.2) is 19.8 Å². The van der Waals surface area contributed by atoms with Gasteiger partial charge in [0.15, 0.2) is 0 Å². The van der Waals surface area contributed by atoms with E-state index in [0.29, 0.717) is 6.61 Å². The Balaban J connectivity index is 0. The molecule has 0 radical (unpaired) electrons. The molecule has 0 aromatic carbocycles. The van der Waals surface area contributed by atoms with E-state index < -0.39 is 8.07 Å². The minimum atomic E-state index is -1.27. The number of hydrogen-bond acceptors (Lipinski definition) is 1. The molecule has 79 valence electrons. The zero-order chi connectivity index (χ0) is 9.19. The molecule has 1 rings (SSSR count). The normalized spacial score (nSPS) is 15.2. The zero-order valence-corrected chi connectivity index (χ0v) is 13.4. The molecule has 0 bridgehead atoms. The second-order valence-corrected chi connectivity index (χ2v) is 10.1. The number of rotatable bonds is 3. The molecule has 1 aliphatic rings. The molecule has 0 heterocycles. The van der Waals surface area contributed by atoms with Crippen molar-refractivity contribution >= 4 is 8.07 Å². The average molecular weight is 329 g/mol. The second-order valence-electron chi connectivity index (χ2n) is 3.86. The molecular formula is C9H15Cl2OSiZr. The number of halogens is 2. The third-order valence-corrected chi connectivity index (χ3v) is 7.58. The van der Waals surface area contributed by atoms with Crippen LogP contribution < -0.4 is 24.8 Å². The average Bonchev–Trinajstić information content (AvgIpc) is 2.35. The van der Waals surface area contributed by atoms with Crippen LogP contribution >= 0.6 is 0 Å². The Kier molecular flexibility index (Phi) is 9.26. The first-order valence-electron chi connectivity index (χ1n) is 4.30. The van der Waals surface area contributed by atoms with E-state index in [-0.39, 0.29) is 24.8 Å². The maximum atomic E-state index is 8.94. The van der Waals surface area contributed by atoms with Crippen molar-refractivity contribution < 1.29 is 54.6 Å². The Morgan fingerprint density at radius 2 is 2.00 bits per heavy atom. The summed E-state index contributed by atoms with van der Waals surface area (Å²) in [7, 11) is -1.27.